The Morgan fingerprint density at radius 1 is 1.28 bits per heavy atom. The van der Waals surface area contributed by atoms with Gasteiger partial charge in [-0.3, -0.25) is 9.59 Å². The summed E-state index contributed by atoms with van der Waals surface area (Å²) in [6.45, 7) is 5.33. The number of aliphatic carboxylic acids is 1. The predicted octanol–water partition coefficient (Wildman–Crippen LogP) is 0.909. The van der Waals surface area contributed by atoms with Crippen LogP contribution in [0.4, 0.5) is 4.79 Å². The van der Waals surface area contributed by atoms with Gasteiger partial charge in [0, 0.05) is 13.0 Å². The Morgan fingerprint density at radius 2 is 1.92 bits per heavy atom. The van der Waals surface area contributed by atoms with Crippen LogP contribution in [-0.2, 0) is 23.9 Å². The lowest BCUT2D eigenvalue weighted by Gasteiger charge is -2.28. The molecule has 0 aromatic rings. The van der Waals surface area contributed by atoms with E-state index in [1.54, 1.807) is 20.8 Å². The van der Waals surface area contributed by atoms with Crippen LogP contribution in [0, 0.1) is 0 Å². The number of hydrogen-bond acceptors (Lipinski definition) is 6. The molecule has 1 rings (SSSR count). The van der Waals surface area contributed by atoms with Crippen LogP contribution in [0.15, 0.2) is 0 Å². The molecule has 0 saturated carbocycles. The Labute approximate surface area is 146 Å². The smallest absolute Gasteiger partial charge is 0.408 e. The van der Waals surface area contributed by atoms with E-state index in [4.69, 9.17) is 4.74 Å². The minimum absolute atomic E-state index is 0.00636. The Balaban J connectivity index is 2.85. The van der Waals surface area contributed by atoms with Gasteiger partial charge in [-0.25, -0.2) is 9.59 Å². The number of esters is 1. The molecule has 1 aliphatic heterocycles. The summed E-state index contributed by atoms with van der Waals surface area (Å²) in [5, 5.41) is 11.7. The van der Waals surface area contributed by atoms with E-state index in [1.165, 1.54) is 12.0 Å². The lowest BCUT2D eigenvalue weighted by Crippen LogP contribution is -2.52. The fourth-order valence-corrected chi connectivity index (χ4v) is 2.56. The van der Waals surface area contributed by atoms with Gasteiger partial charge in [-0.1, -0.05) is 0 Å². The standard InChI is InChI=1S/C16H26N2O7/c1-16(2,3)25-15(23)17-10(7-8-12(19)24-4)13(20)18-9-5-6-11(18)14(21)22/h10-11H,5-9H2,1-4H3,(H,17,23)(H,21,22)/t10-,11?/m0/s1. The third-order valence-corrected chi connectivity index (χ3v) is 3.67. The first kappa shape index (κ1) is 20.7. The Morgan fingerprint density at radius 3 is 2.44 bits per heavy atom. The van der Waals surface area contributed by atoms with Crippen molar-refractivity contribution in [2.24, 2.45) is 0 Å². The summed E-state index contributed by atoms with van der Waals surface area (Å²) >= 11 is 0. The van der Waals surface area contributed by atoms with Crippen molar-refractivity contribution < 1.29 is 33.8 Å². The van der Waals surface area contributed by atoms with Gasteiger partial charge in [-0.2, -0.15) is 0 Å². The van der Waals surface area contributed by atoms with Crippen molar-refractivity contribution in [3.8, 4) is 0 Å². The number of nitrogens with zero attached hydrogens (tertiary/aromatic N) is 1. The summed E-state index contributed by atoms with van der Waals surface area (Å²) in [5.74, 6) is -2.16. The molecule has 2 atom stereocenters. The summed E-state index contributed by atoms with van der Waals surface area (Å²) in [7, 11) is 1.22. The van der Waals surface area contributed by atoms with Crippen molar-refractivity contribution in [2.75, 3.05) is 13.7 Å². The van der Waals surface area contributed by atoms with Crippen LogP contribution in [0.5, 0.6) is 0 Å². The molecule has 0 aliphatic carbocycles. The summed E-state index contributed by atoms with van der Waals surface area (Å²) in [5.41, 5.74) is -0.753. The van der Waals surface area contributed by atoms with E-state index in [1.807, 2.05) is 0 Å². The molecule has 1 saturated heterocycles. The van der Waals surface area contributed by atoms with Crippen molar-refractivity contribution in [2.45, 2.75) is 64.1 Å². The third-order valence-electron chi connectivity index (χ3n) is 3.67. The number of carbonyl (C=O) groups excluding carboxylic acids is 3. The Hall–Kier alpha value is -2.32. The summed E-state index contributed by atoms with van der Waals surface area (Å²) in [4.78, 5) is 48.6. The molecule has 2 N–H and O–H groups in total. The average molecular weight is 358 g/mol. The first-order chi connectivity index (χ1) is 11.5. The number of carbonyl (C=O) groups is 4. The minimum Gasteiger partial charge on any atom is -0.480 e. The first-order valence-electron chi connectivity index (χ1n) is 8.14. The topological polar surface area (TPSA) is 122 Å². The maximum absolute atomic E-state index is 12.7. The molecular formula is C16H26N2O7. The molecule has 142 valence electrons. The Bertz CT molecular complexity index is 527. The predicted molar refractivity (Wildman–Crippen MR) is 86.8 cm³/mol. The SMILES string of the molecule is COC(=O)CC[C@H](NC(=O)OC(C)(C)C)C(=O)N1CCCC1C(=O)O. The number of nitrogens with one attached hydrogen (secondary N) is 1. The number of carboxylic acids is 1. The maximum Gasteiger partial charge on any atom is 0.408 e. The molecule has 1 aliphatic rings. The minimum atomic E-state index is -1.09. The van der Waals surface area contributed by atoms with Gasteiger partial charge < -0.3 is 24.8 Å². The quantitative estimate of drug-likeness (QED) is 0.677. The fraction of sp³-hybridized carbons (Fsp3) is 0.750. The van der Waals surface area contributed by atoms with Crippen molar-refractivity contribution in [3.63, 3.8) is 0 Å². The van der Waals surface area contributed by atoms with Crippen molar-refractivity contribution in [3.05, 3.63) is 0 Å². The second-order valence-electron chi connectivity index (χ2n) is 6.84. The molecule has 0 aromatic heterocycles. The Kier molecular flexibility index (Phi) is 7.20. The summed E-state index contributed by atoms with van der Waals surface area (Å²) in [6, 6.07) is -1.98. The fourth-order valence-electron chi connectivity index (χ4n) is 2.56. The zero-order valence-corrected chi connectivity index (χ0v) is 15.0. The van der Waals surface area contributed by atoms with Crippen LogP contribution in [0.1, 0.15) is 46.5 Å². The summed E-state index contributed by atoms with van der Waals surface area (Å²) in [6.07, 6.45) is 0.0274. The molecule has 9 heteroatoms. The molecule has 0 radical (unpaired) electrons. The largest absolute Gasteiger partial charge is 0.480 e. The second kappa shape index (κ2) is 8.68. The number of hydrogen-bond donors (Lipinski definition) is 2. The van der Waals surface area contributed by atoms with Crippen LogP contribution in [-0.4, -0.2) is 65.3 Å². The van der Waals surface area contributed by atoms with Gasteiger partial charge in [-0.05, 0) is 40.0 Å². The monoisotopic (exact) mass is 358 g/mol. The molecule has 0 spiro atoms. The van der Waals surface area contributed by atoms with Crippen LogP contribution in [0.2, 0.25) is 0 Å². The molecule has 25 heavy (non-hydrogen) atoms. The molecule has 2 amide bonds. The van der Waals surface area contributed by atoms with E-state index < -0.39 is 41.6 Å². The average Bonchev–Trinajstić information content (AvgIpc) is 2.98. The van der Waals surface area contributed by atoms with Crippen molar-refractivity contribution >= 4 is 23.9 Å². The van der Waals surface area contributed by atoms with Gasteiger partial charge in [0.05, 0.1) is 7.11 Å². The van der Waals surface area contributed by atoms with Crippen molar-refractivity contribution in [1.82, 2.24) is 10.2 Å². The highest BCUT2D eigenvalue weighted by molar-refractivity contribution is 5.90. The lowest BCUT2D eigenvalue weighted by atomic mass is 10.1. The second-order valence-corrected chi connectivity index (χ2v) is 6.84. The van der Waals surface area contributed by atoms with E-state index in [0.717, 1.165) is 0 Å². The number of amides is 2. The highest BCUT2D eigenvalue weighted by Gasteiger charge is 2.38. The zero-order valence-electron chi connectivity index (χ0n) is 15.0. The number of rotatable bonds is 6. The number of alkyl carbamates (subject to hydrolysis) is 1. The van der Waals surface area contributed by atoms with Gasteiger partial charge in [0.2, 0.25) is 5.91 Å². The molecule has 1 unspecified atom stereocenters. The van der Waals surface area contributed by atoms with Crippen molar-refractivity contribution in [1.29, 1.82) is 0 Å². The maximum atomic E-state index is 12.7. The molecule has 0 bridgehead atoms. The van der Waals surface area contributed by atoms with Gasteiger partial charge in [0.25, 0.3) is 0 Å². The number of carboxylic acid groups (broad SMARTS) is 1. The van der Waals surface area contributed by atoms with Gasteiger partial charge in [-0.15, -0.1) is 0 Å². The zero-order chi connectivity index (χ0) is 19.2. The molecule has 9 nitrogen and oxygen atoms in total. The van der Waals surface area contributed by atoms with Crippen LogP contribution in [0.3, 0.4) is 0 Å². The number of methoxy groups -OCH3 is 1. The van der Waals surface area contributed by atoms with E-state index >= 15 is 0 Å². The van der Waals surface area contributed by atoms with Gasteiger partial charge >= 0.3 is 18.0 Å². The van der Waals surface area contributed by atoms with Crippen LogP contribution >= 0.6 is 0 Å². The van der Waals surface area contributed by atoms with E-state index in [0.29, 0.717) is 19.4 Å². The highest BCUT2D eigenvalue weighted by Crippen LogP contribution is 2.20. The molecule has 1 heterocycles. The lowest BCUT2D eigenvalue weighted by molar-refractivity contribution is -0.149. The highest BCUT2D eigenvalue weighted by atomic mass is 16.6. The van der Waals surface area contributed by atoms with Gasteiger partial charge in [0.1, 0.15) is 17.7 Å². The van der Waals surface area contributed by atoms with E-state index in [-0.39, 0.29) is 12.8 Å². The molecular weight excluding hydrogens is 332 g/mol. The summed E-state index contributed by atoms with van der Waals surface area (Å²) < 4.78 is 9.68. The normalized spacial score (nSPS) is 18.4. The van der Waals surface area contributed by atoms with E-state index in [2.05, 4.69) is 10.1 Å². The number of likely N-dealkylation sites (tertiary alicyclic amines) is 1. The molecule has 0 aromatic carbocycles. The van der Waals surface area contributed by atoms with Crippen LogP contribution in [0.25, 0.3) is 0 Å². The number of ether oxygens (including phenoxy) is 2. The first-order valence-corrected chi connectivity index (χ1v) is 8.14. The van der Waals surface area contributed by atoms with Crippen LogP contribution < -0.4 is 5.32 Å². The van der Waals surface area contributed by atoms with E-state index in [9.17, 15) is 24.3 Å². The molecule has 1 fully saturated rings. The third kappa shape index (κ3) is 6.60. The van der Waals surface area contributed by atoms with Gasteiger partial charge in [0.15, 0.2) is 0 Å².